The van der Waals surface area contributed by atoms with Crippen molar-refractivity contribution in [1.82, 2.24) is 9.80 Å². The summed E-state index contributed by atoms with van der Waals surface area (Å²) in [7, 11) is 4.79. The molecule has 0 N–H and O–H groups in total. The number of rotatable bonds is 10. The highest BCUT2D eigenvalue weighted by Gasteiger charge is 2.42. The lowest BCUT2D eigenvalue weighted by Gasteiger charge is -2.43. The first-order valence-corrected chi connectivity index (χ1v) is 13.6. The van der Waals surface area contributed by atoms with Gasteiger partial charge >= 0.3 is 0 Å². The predicted octanol–water partition coefficient (Wildman–Crippen LogP) is 4.79. The van der Waals surface area contributed by atoms with Gasteiger partial charge in [-0.2, -0.15) is 0 Å². The van der Waals surface area contributed by atoms with Crippen LogP contribution in [0.5, 0.6) is 23.0 Å². The van der Waals surface area contributed by atoms with E-state index in [1.54, 1.807) is 26.2 Å². The minimum atomic E-state index is -0.718. The standard InChI is InChI=1S/C30H40N2O6/c1-5-38-25-15-13-22(19-27(25)37-4)29-30(34)32(23-10-8-6-7-9-11-23)20-28(33)31(29)17-16-21-12-14-24(35-2)26(18-21)36-3/h12-15,18-19,23,29H,5-11,16-17,20H2,1-4H3. The first kappa shape index (κ1) is 27.6. The van der Waals surface area contributed by atoms with Gasteiger partial charge in [-0.3, -0.25) is 9.59 Å². The normalized spacial score (nSPS) is 18.8. The summed E-state index contributed by atoms with van der Waals surface area (Å²) in [6.07, 6.45) is 7.02. The molecular formula is C30H40N2O6. The third-order valence-corrected chi connectivity index (χ3v) is 7.61. The number of benzene rings is 2. The molecule has 0 bridgehead atoms. The quantitative estimate of drug-likeness (QED) is 0.416. The van der Waals surface area contributed by atoms with Gasteiger partial charge in [-0.15, -0.1) is 0 Å². The van der Waals surface area contributed by atoms with Crippen LogP contribution in [-0.2, 0) is 16.0 Å². The molecule has 8 nitrogen and oxygen atoms in total. The van der Waals surface area contributed by atoms with Crippen LogP contribution in [0.1, 0.15) is 62.6 Å². The Bertz CT molecular complexity index is 1110. The maximum Gasteiger partial charge on any atom is 0.250 e. The number of carbonyl (C=O) groups is 2. The molecule has 206 valence electrons. The topological polar surface area (TPSA) is 77.5 Å². The molecule has 38 heavy (non-hydrogen) atoms. The fraction of sp³-hybridized carbons (Fsp3) is 0.533. The molecule has 1 saturated carbocycles. The molecule has 2 amide bonds. The van der Waals surface area contributed by atoms with Crippen molar-refractivity contribution in [2.75, 3.05) is 41.0 Å². The highest BCUT2D eigenvalue weighted by molar-refractivity contribution is 5.96. The molecule has 1 aliphatic heterocycles. The van der Waals surface area contributed by atoms with Gasteiger partial charge < -0.3 is 28.7 Å². The monoisotopic (exact) mass is 524 g/mol. The number of hydrogen-bond donors (Lipinski definition) is 0. The Morgan fingerprint density at radius 2 is 1.47 bits per heavy atom. The van der Waals surface area contributed by atoms with E-state index in [0.717, 1.165) is 36.8 Å². The lowest BCUT2D eigenvalue weighted by Crippen LogP contribution is -2.58. The first-order valence-electron chi connectivity index (χ1n) is 13.6. The van der Waals surface area contributed by atoms with E-state index in [2.05, 4.69) is 0 Å². The molecule has 2 fully saturated rings. The van der Waals surface area contributed by atoms with Crippen LogP contribution in [0.15, 0.2) is 36.4 Å². The van der Waals surface area contributed by atoms with E-state index in [1.165, 1.54) is 12.8 Å². The number of hydrogen-bond acceptors (Lipinski definition) is 6. The van der Waals surface area contributed by atoms with Gasteiger partial charge in [0, 0.05) is 12.6 Å². The Morgan fingerprint density at radius 3 is 2.13 bits per heavy atom. The van der Waals surface area contributed by atoms with Crippen LogP contribution < -0.4 is 18.9 Å². The average molecular weight is 525 g/mol. The lowest BCUT2D eigenvalue weighted by molar-refractivity contribution is -0.158. The van der Waals surface area contributed by atoms with Crippen LogP contribution >= 0.6 is 0 Å². The van der Waals surface area contributed by atoms with Crippen LogP contribution in [0.25, 0.3) is 0 Å². The van der Waals surface area contributed by atoms with Crippen molar-refractivity contribution >= 4 is 11.8 Å². The van der Waals surface area contributed by atoms with Crippen LogP contribution in [-0.4, -0.2) is 68.7 Å². The van der Waals surface area contributed by atoms with Crippen LogP contribution in [0, 0.1) is 0 Å². The SMILES string of the molecule is CCOc1ccc(C2C(=O)N(C3CCCCCC3)CC(=O)N2CCc2ccc(OC)c(OC)c2)cc1OC. The van der Waals surface area contributed by atoms with Gasteiger partial charge in [0.1, 0.15) is 12.6 Å². The third kappa shape index (κ3) is 6.00. The third-order valence-electron chi connectivity index (χ3n) is 7.61. The number of ether oxygens (including phenoxy) is 4. The Kier molecular flexibility index (Phi) is 9.37. The van der Waals surface area contributed by atoms with E-state index >= 15 is 0 Å². The number of amides is 2. The van der Waals surface area contributed by atoms with E-state index in [0.29, 0.717) is 42.6 Å². The molecule has 2 aliphatic rings. The molecule has 1 saturated heterocycles. The Morgan fingerprint density at radius 1 is 0.816 bits per heavy atom. The second-order valence-corrected chi connectivity index (χ2v) is 9.88. The van der Waals surface area contributed by atoms with Gasteiger partial charge in [-0.1, -0.05) is 37.8 Å². The van der Waals surface area contributed by atoms with Crippen molar-refractivity contribution in [3.05, 3.63) is 47.5 Å². The van der Waals surface area contributed by atoms with E-state index in [4.69, 9.17) is 18.9 Å². The Balaban J connectivity index is 1.65. The highest BCUT2D eigenvalue weighted by Crippen LogP contribution is 2.37. The largest absolute Gasteiger partial charge is 0.493 e. The minimum absolute atomic E-state index is 0.0185. The van der Waals surface area contributed by atoms with Crippen molar-refractivity contribution in [1.29, 1.82) is 0 Å². The molecule has 4 rings (SSSR count). The van der Waals surface area contributed by atoms with Gasteiger partial charge in [0.2, 0.25) is 5.91 Å². The van der Waals surface area contributed by atoms with Crippen molar-refractivity contribution in [2.45, 2.75) is 64.0 Å². The summed E-state index contributed by atoms with van der Waals surface area (Å²) in [5.74, 6) is 2.40. The van der Waals surface area contributed by atoms with Gasteiger partial charge in [0.25, 0.3) is 5.91 Å². The summed E-state index contributed by atoms with van der Waals surface area (Å²) in [6.45, 7) is 2.94. The zero-order valence-electron chi connectivity index (χ0n) is 23.0. The summed E-state index contributed by atoms with van der Waals surface area (Å²) in [4.78, 5) is 31.4. The Labute approximate surface area is 225 Å². The summed E-state index contributed by atoms with van der Waals surface area (Å²) >= 11 is 0. The second-order valence-electron chi connectivity index (χ2n) is 9.88. The van der Waals surface area contributed by atoms with Gasteiger partial charge in [0.15, 0.2) is 23.0 Å². The van der Waals surface area contributed by atoms with E-state index in [-0.39, 0.29) is 24.4 Å². The fourth-order valence-electron chi connectivity index (χ4n) is 5.62. The number of methoxy groups -OCH3 is 3. The molecule has 0 spiro atoms. The summed E-state index contributed by atoms with van der Waals surface area (Å²) in [5.41, 5.74) is 1.73. The molecule has 0 radical (unpaired) electrons. The zero-order valence-corrected chi connectivity index (χ0v) is 23.0. The van der Waals surface area contributed by atoms with Crippen LogP contribution in [0.2, 0.25) is 0 Å². The molecule has 2 aromatic carbocycles. The van der Waals surface area contributed by atoms with Crippen molar-refractivity contribution in [3.63, 3.8) is 0 Å². The van der Waals surface area contributed by atoms with Crippen molar-refractivity contribution < 1.29 is 28.5 Å². The molecule has 1 atom stereocenters. The highest BCUT2D eigenvalue weighted by atomic mass is 16.5. The van der Waals surface area contributed by atoms with Gasteiger partial charge in [0.05, 0.1) is 27.9 Å². The zero-order chi connectivity index (χ0) is 27.1. The van der Waals surface area contributed by atoms with Crippen molar-refractivity contribution in [2.24, 2.45) is 0 Å². The maximum atomic E-state index is 14.1. The molecular weight excluding hydrogens is 484 g/mol. The van der Waals surface area contributed by atoms with Gasteiger partial charge in [-0.05, 0) is 61.6 Å². The number of carbonyl (C=O) groups excluding carboxylic acids is 2. The van der Waals surface area contributed by atoms with Crippen molar-refractivity contribution in [3.8, 4) is 23.0 Å². The molecule has 0 aromatic heterocycles. The summed E-state index contributed by atoms with van der Waals surface area (Å²) < 4.78 is 22.1. The van der Waals surface area contributed by atoms with Crippen LogP contribution in [0.4, 0.5) is 0 Å². The summed E-state index contributed by atoms with van der Waals surface area (Å²) in [5, 5.41) is 0. The molecule has 1 aliphatic carbocycles. The second kappa shape index (κ2) is 12.9. The molecule has 1 unspecified atom stereocenters. The number of piperazine rings is 1. The number of nitrogens with zero attached hydrogens (tertiary/aromatic N) is 2. The molecule has 2 aromatic rings. The molecule has 1 heterocycles. The molecule has 8 heteroatoms. The summed E-state index contributed by atoms with van der Waals surface area (Å²) in [6, 6.07) is 10.7. The predicted molar refractivity (Wildman–Crippen MR) is 145 cm³/mol. The van der Waals surface area contributed by atoms with Crippen LogP contribution in [0.3, 0.4) is 0 Å². The minimum Gasteiger partial charge on any atom is -0.493 e. The van der Waals surface area contributed by atoms with E-state index in [9.17, 15) is 9.59 Å². The average Bonchev–Trinajstić information content (AvgIpc) is 3.23. The fourth-order valence-corrected chi connectivity index (χ4v) is 5.62. The van der Waals surface area contributed by atoms with E-state index < -0.39 is 6.04 Å². The maximum absolute atomic E-state index is 14.1. The van der Waals surface area contributed by atoms with Gasteiger partial charge in [-0.25, -0.2) is 0 Å². The smallest absolute Gasteiger partial charge is 0.250 e. The van der Waals surface area contributed by atoms with E-state index in [1.807, 2.05) is 48.2 Å². The Hall–Kier alpha value is -3.42. The lowest BCUT2D eigenvalue weighted by atomic mass is 9.96. The first-order chi connectivity index (χ1) is 18.5.